The van der Waals surface area contributed by atoms with Gasteiger partial charge in [0.2, 0.25) is 0 Å². The predicted octanol–water partition coefficient (Wildman–Crippen LogP) is 2.75. The van der Waals surface area contributed by atoms with Gasteiger partial charge < -0.3 is 0 Å². The molecule has 8 heavy (non-hydrogen) atoms. The third-order valence-electron chi connectivity index (χ3n) is 1.90. The minimum absolute atomic E-state index is 1.31. The van der Waals surface area contributed by atoms with Crippen LogP contribution in [0.15, 0.2) is 0 Å². The molecule has 0 atom stereocenters. The van der Waals surface area contributed by atoms with Gasteiger partial charge in [-0.15, -0.1) is 0 Å². The summed E-state index contributed by atoms with van der Waals surface area (Å²) in [6.07, 6.45) is 9.13. The molecule has 0 amide bonds. The second-order valence-electron chi connectivity index (χ2n) is 2.47. The first-order valence-electron chi connectivity index (χ1n) is 3.58. The summed E-state index contributed by atoms with van der Waals surface area (Å²) in [4.78, 5) is 0. The molecule has 0 heteroatoms. The maximum Gasteiger partial charge on any atom is 0.0880 e. The van der Waals surface area contributed by atoms with Crippen molar-refractivity contribution in [3.63, 3.8) is 0 Å². The van der Waals surface area contributed by atoms with Crippen molar-refractivity contribution in [1.29, 1.82) is 0 Å². The predicted molar refractivity (Wildman–Crippen MR) is 36.3 cm³/mol. The van der Waals surface area contributed by atoms with Crippen LogP contribution in [0.4, 0.5) is 0 Å². The first-order valence-corrected chi connectivity index (χ1v) is 3.58. The highest BCUT2D eigenvalue weighted by molar-refractivity contribution is 4.95. The van der Waals surface area contributed by atoms with Crippen molar-refractivity contribution in [1.82, 2.24) is 0 Å². The van der Waals surface area contributed by atoms with E-state index in [1.54, 1.807) is 5.92 Å². The summed E-state index contributed by atoms with van der Waals surface area (Å²) in [5, 5.41) is 0. The number of hydrogen-bond acceptors (Lipinski definition) is 0. The molecule has 0 aliphatic heterocycles. The molecule has 1 rings (SSSR count). The lowest BCUT2D eigenvalue weighted by molar-refractivity contribution is 0.597. The second kappa shape index (κ2) is 3.01. The minimum Gasteiger partial charge on any atom is -0.0648 e. The maximum absolute atomic E-state index is 2.40. The summed E-state index contributed by atoms with van der Waals surface area (Å²) in [7, 11) is 0. The van der Waals surface area contributed by atoms with E-state index in [2.05, 4.69) is 13.3 Å². The van der Waals surface area contributed by atoms with E-state index in [1.165, 1.54) is 32.1 Å². The van der Waals surface area contributed by atoms with Crippen LogP contribution in [-0.2, 0) is 0 Å². The molecule has 1 aliphatic rings. The van der Waals surface area contributed by atoms with Gasteiger partial charge in [0.15, 0.2) is 0 Å². The Labute approximate surface area is 52.3 Å². The molecular formula is C8H14+. The van der Waals surface area contributed by atoms with Crippen LogP contribution in [0.2, 0.25) is 0 Å². The van der Waals surface area contributed by atoms with E-state index in [-0.39, 0.29) is 0 Å². The third-order valence-corrected chi connectivity index (χ3v) is 1.90. The summed E-state index contributed by atoms with van der Waals surface area (Å²) < 4.78 is 0. The standard InChI is InChI=1S/C8H14/c1-2-8-6-4-3-5-7-8/h3H,2,4-7H2,1H3/q+1. The molecule has 0 heterocycles. The van der Waals surface area contributed by atoms with Crippen LogP contribution in [0.5, 0.6) is 0 Å². The Kier molecular flexibility index (Phi) is 2.26. The van der Waals surface area contributed by atoms with Gasteiger partial charge in [0.05, 0.1) is 19.3 Å². The smallest absolute Gasteiger partial charge is 0.0648 e. The van der Waals surface area contributed by atoms with E-state index >= 15 is 0 Å². The van der Waals surface area contributed by atoms with Crippen molar-refractivity contribution < 1.29 is 0 Å². The van der Waals surface area contributed by atoms with Crippen LogP contribution in [-0.4, -0.2) is 0 Å². The Morgan fingerprint density at radius 1 is 1.38 bits per heavy atom. The average molecular weight is 110 g/mol. The van der Waals surface area contributed by atoms with Gasteiger partial charge in [0.25, 0.3) is 0 Å². The molecule has 0 unspecified atom stereocenters. The Morgan fingerprint density at radius 2 is 2.00 bits per heavy atom. The summed E-state index contributed by atoms with van der Waals surface area (Å²) in [5.74, 6) is 1.77. The van der Waals surface area contributed by atoms with E-state index in [4.69, 9.17) is 0 Å². The fourth-order valence-electron chi connectivity index (χ4n) is 1.24. The molecule has 0 bridgehead atoms. The lowest BCUT2D eigenvalue weighted by Gasteiger charge is -2.12. The molecule has 0 spiro atoms. The largest absolute Gasteiger partial charge is 0.0880 e. The first kappa shape index (κ1) is 6.00. The van der Waals surface area contributed by atoms with Crippen molar-refractivity contribution in [3.05, 3.63) is 12.3 Å². The van der Waals surface area contributed by atoms with Gasteiger partial charge in [0.1, 0.15) is 0 Å². The van der Waals surface area contributed by atoms with E-state index < -0.39 is 0 Å². The Balaban J connectivity index is 2.13. The average Bonchev–Trinajstić information content (AvgIpc) is 1.90. The van der Waals surface area contributed by atoms with Crippen LogP contribution in [0.3, 0.4) is 0 Å². The highest BCUT2D eigenvalue weighted by atomic mass is 14.2. The second-order valence-corrected chi connectivity index (χ2v) is 2.47. The Bertz CT molecular complexity index is 51.1. The summed E-state index contributed by atoms with van der Waals surface area (Å²) in [5.41, 5.74) is 0. The van der Waals surface area contributed by atoms with E-state index in [1.807, 2.05) is 0 Å². The molecule has 0 N–H and O–H groups in total. The Morgan fingerprint density at radius 3 is 2.38 bits per heavy atom. The van der Waals surface area contributed by atoms with Crippen molar-refractivity contribution in [2.24, 2.45) is 0 Å². The molecule has 1 saturated carbocycles. The van der Waals surface area contributed by atoms with Crippen LogP contribution in [0.1, 0.15) is 39.0 Å². The molecule has 0 aromatic rings. The fourth-order valence-corrected chi connectivity index (χ4v) is 1.24. The SMILES string of the molecule is CC[C]1CC[CH+]CC1. The lowest BCUT2D eigenvalue weighted by atomic mass is 9.88. The molecular weight excluding hydrogens is 96.1 g/mol. The quantitative estimate of drug-likeness (QED) is 0.455. The van der Waals surface area contributed by atoms with Crippen molar-refractivity contribution in [2.45, 2.75) is 39.0 Å². The number of hydrogen-bond donors (Lipinski definition) is 0. The van der Waals surface area contributed by atoms with Gasteiger partial charge in [0, 0.05) is 0 Å². The van der Waals surface area contributed by atoms with Crippen LogP contribution >= 0.6 is 0 Å². The van der Waals surface area contributed by atoms with E-state index in [0.29, 0.717) is 0 Å². The zero-order chi connectivity index (χ0) is 5.82. The topological polar surface area (TPSA) is 0 Å². The summed E-state index contributed by atoms with van der Waals surface area (Å²) >= 11 is 0. The van der Waals surface area contributed by atoms with Gasteiger partial charge in [-0.1, -0.05) is 6.92 Å². The molecule has 1 radical (unpaired) electrons. The van der Waals surface area contributed by atoms with Gasteiger partial charge in [-0.25, -0.2) is 0 Å². The molecule has 0 aromatic carbocycles. The Hall–Kier alpha value is -0.130. The molecule has 0 nitrogen and oxygen atoms in total. The molecule has 0 aromatic heterocycles. The van der Waals surface area contributed by atoms with Crippen molar-refractivity contribution in [2.75, 3.05) is 0 Å². The van der Waals surface area contributed by atoms with Crippen molar-refractivity contribution in [3.8, 4) is 0 Å². The maximum atomic E-state index is 2.40. The fraction of sp³-hybridized carbons (Fsp3) is 0.750. The number of rotatable bonds is 1. The third kappa shape index (κ3) is 1.43. The monoisotopic (exact) mass is 110 g/mol. The zero-order valence-corrected chi connectivity index (χ0v) is 5.61. The highest BCUT2D eigenvalue weighted by Gasteiger charge is 2.16. The first-order chi connectivity index (χ1) is 3.93. The minimum atomic E-state index is 1.31. The van der Waals surface area contributed by atoms with Gasteiger partial charge >= 0.3 is 0 Å². The van der Waals surface area contributed by atoms with Gasteiger partial charge in [-0.05, 0) is 25.2 Å². The molecule has 1 aliphatic carbocycles. The van der Waals surface area contributed by atoms with E-state index in [0.717, 1.165) is 0 Å². The van der Waals surface area contributed by atoms with Crippen LogP contribution in [0, 0.1) is 12.3 Å². The van der Waals surface area contributed by atoms with Gasteiger partial charge in [-0.2, -0.15) is 0 Å². The van der Waals surface area contributed by atoms with Crippen LogP contribution in [0.25, 0.3) is 0 Å². The normalized spacial score (nSPS) is 22.6. The molecule has 1 fully saturated rings. The summed E-state index contributed by atoms with van der Waals surface area (Å²) in [6.45, 7) is 2.26. The van der Waals surface area contributed by atoms with Gasteiger partial charge in [-0.3, -0.25) is 0 Å². The zero-order valence-electron chi connectivity index (χ0n) is 5.61. The lowest BCUT2D eigenvalue weighted by Crippen LogP contribution is -2.01. The summed E-state index contributed by atoms with van der Waals surface area (Å²) in [6, 6.07) is 0. The van der Waals surface area contributed by atoms with E-state index in [9.17, 15) is 0 Å². The van der Waals surface area contributed by atoms with Crippen LogP contribution < -0.4 is 0 Å². The van der Waals surface area contributed by atoms with Crippen molar-refractivity contribution >= 4 is 0 Å². The highest BCUT2D eigenvalue weighted by Crippen LogP contribution is 2.26. The molecule has 45 valence electrons. The molecule has 0 saturated heterocycles.